The Bertz CT molecular complexity index is 1090. The van der Waals surface area contributed by atoms with Crippen LogP contribution in [0, 0.1) is 0 Å². The van der Waals surface area contributed by atoms with Gasteiger partial charge >= 0.3 is 0 Å². The van der Waals surface area contributed by atoms with E-state index in [0.29, 0.717) is 11.5 Å². The Hall–Kier alpha value is -3.51. The third-order valence-electron chi connectivity index (χ3n) is 4.60. The van der Waals surface area contributed by atoms with Crippen LogP contribution in [0.5, 0.6) is 17.2 Å². The molecule has 142 valence electrons. The van der Waals surface area contributed by atoms with Crippen molar-refractivity contribution in [3.05, 3.63) is 93.5 Å². The summed E-state index contributed by atoms with van der Waals surface area (Å²) in [5, 5.41) is 19.7. The van der Waals surface area contributed by atoms with Crippen LogP contribution in [0.4, 0.5) is 0 Å². The van der Waals surface area contributed by atoms with E-state index in [0.717, 1.165) is 22.9 Å². The van der Waals surface area contributed by atoms with Gasteiger partial charge in [-0.2, -0.15) is 0 Å². The fourth-order valence-corrected chi connectivity index (χ4v) is 3.20. The van der Waals surface area contributed by atoms with E-state index in [-0.39, 0.29) is 11.5 Å². The normalized spacial score (nSPS) is 15.4. The molecule has 0 saturated heterocycles. The highest BCUT2D eigenvalue weighted by atomic mass is 16.5. The molecule has 0 amide bonds. The second-order valence-corrected chi connectivity index (χ2v) is 6.32. The van der Waals surface area contributed by atoms with Crippen molar-refractivity contribution in [2.45, 2.75) is 12.5 Å². The molecule has 1 atom stereocenters. The number of benzene rings is 2. The van der Waals surface area contributed by atoms with Gasteiger partial charge < -0.3 is 24.1 Å². The molecule has 0 spiro atoms. The second-order valence-electron chi connectivity index (χ2n) is 6.32. The van der Waals surface area contributed by atoms with Crippen molar-refractivity contribution in [2.75, 3.05) is 7.11 Å². The second kappa shape index (κ2) is 7.25. The number of methoxy groups -OCH3 is 1. The summed E-state index contributed by atoms with van der Waals surface area (Å²) < 4.78 is 16.9. The summed E-state index contributed by atoms with van der Waals surface area (Å²) in [7, 11) is 1.59. The Morgan fingerprint density at radius 2 is 1.86 bits per heavy atom. The number of para-hydroxylation sites is 1. The molecule has 0 fully saturated rings. The molecule has 0 bridgehead atoms. The molecule has 2 heterocycles. The van der Waals surface area contributed by atoms with Crippen molar-refractivity contribution in [3.63, 3.8) is 0 Å². The maximum Gasteiger partial charge on any atom is 0.227 e. The molecule has 1 aromatic heterocycles. The molecule has 1 aliphatic heterocycles. The van der Waals surface area contributed by atoms with E-state index < -0.39 is 23.7 Å². The molecular formula is C22H18O6. The van der Waals surface area contributed by atoms with Gasteiger partial charge in [0.2, 0.25) is 11.2 Å². The van der Waals surface area contributed by atoms with E-state index in [1.165, 1.54) is 0 Å². The van der Waals surface area contributed by atoms with Crippen LogP contribution in [0.15, 0.2) is 69.9 Å². The number of aromatic hydroxyl groups is 1. The van der Waals surface area contributed by atoms with Gasteiger partial charge in [0.25, 0.3) is 0 Å². The zero-order chi connectivity index (χ0) is 19.7. The van der Waals surface area contributed by atoms with Crippen molar-refractivity contribution in [1.82, 2.24) is 0 Å². The molecule has 1 aliphatic rings. The molecule has 6 nitrogen and oxygen atoms in total. The zero-order valence-electron chi connectivity index (χ0n) is 15.1. The van der Waals surface area contributed by atoms with Gasteiger partial charge in [-0.15, -0.1) is 0 Å². The summed E-state index contributed by atoms with van der Waals surface area (Å²) in [4.78, 5) is 12.1. The lowest BCUT2D eigenvalue weighted by Gasteiger charge is -2.25. The van der Waals surface area contributed by atoms with Crippen LogP contribution in [0.2, 0.25) is 0 Å². The lowest BCUT2D eigenvalue weighted by atomic mass is 9.91. The minimum atomic E-state index is -0.603. The van der Waals surface area contributed by atoms with E-state index in [1.807, 2.05) is 48.5 Å². The van der Waals surface area contributed by atoms with Crippen LogP contribution in [0.25, 0.3) is 5.76 Å². The minimum Gasteiger partial charge on any atom is -0.502 e. The summed E-state index contributed by atoms with van der Waals surface area (Å²) in [6.07, 6.45) is 1.78. The number of aliphatic hydroxyl groups excluding tert-OH is 1. The minimum absolute atomic E-state index is 0.0679. The highest BCUT2D eigenvalue weighted by Crippen LogP contribution is 2.42. The third-order valence-corrected chi connectivity index (χ3v) is 4.60. The van der Waals surface area contributed by atoms with Gasteiger partial charge in [-0.05, 0) is 36.4 Å². The maximum atomic E-state index is 12.1. The van der Waals surface area contributed by atoms with Gasteiger partial charge in [0.15, 0.2) is 5.76 Å². The van der Waals surface area contributed by atoms with Crippen LogP contribution in [0.3, 0.4) is 0 Å². The molecule has 1 unspecified atom stereocenters. The number of ether oxygens (including phenoxy) is 2. The summed E-state index contributed by atoms with van der Waals surface area (Å²) in [6, 6.07) is 15.8. The average molecular weight is 378 g/mol. The fraction of sp³-hybridized carbons (Fsp3) is 0.136. The van der Waals surface area contributed by atoms with Gasteiger partial charge in [0.05, 0.1) is 13.0 Å². The summed E-state index contributed by atoms with van der Waals surface area (Å²) in [5.74, 6) is 0.987. The van der Waals surface area contributed by atoms with Crippen molar-refractivity contribution < 1.29 is 24.1 Å². The molecule has 3 aromatic rings. The smallest absolute Gasteiger partial charge is 0.227 e. The monoisotopic (exact) mass is 378 g/mol. The third kappa shape index (κ3) is 3.14. The van der Waals surface area contributed by atoms with E-state index in [9.17, 15) is 15.0 Å². The van der Waals surface area contributed by atoms with Gasteiger partial charge in [-0.25, -0.2) is 0 Å². The molecule has 0 saturated carbocycles. The summed E-state index contributed by atoms with van der Waals surface area (Å²) >= 11 is 0. The Morgan fingerprint density at radius 3 is 2.57 bits per heavy atom. The van der Waals surface area contributed by atoms with Crippen LogP contribution in [-0.2, 0) is 6.61 Å². The number of fused-ring (bicyclic) bond motifs is 1. The first kappa shape index (κ1) is 17.9. The average Bonchev–Trinajstić information content (AvgIpc) is 2.75. The molecule has 28 heavy (non-hydrogen) atoms. The lowest BCUT2D eigenvalue weighted by molar-refractivity contribution is 0.234. The standard InChI is InChI=1S/C22H18O6/c1-26-14-8-6-13(7-9-14)20-11-17(16-4-2-3-5-19(16)28-20)22-21(25)18(24)10-15(12-23)27-22/h2-11,17,23,25H,12H2,1H3. The van der Waals surface area contributed by atoms with E-state index >= 15 is 0 Å². The Balaban J connectivity index is 1.88. The first-order valence-electron chi connectivity index (χ1n) is 8.70. The largest absolute Gasteiger partial charge is 0.502 e. The van der Waals surface area contributed by atoms with Crippen LogP contribution >= 0.6 is 0 Å². The lowest BCUT2D eigenvalue weighted by Crippen LogP contribution is -2.13. The van der Waals surface area contributed by atoms with Crippen LogP contribution in [-0.4, -0.2) is 17.3 Å². The SMILES string of the molecule is COc1ccc(C2=CC(c3oc(CO)cc(=O)c3O)c3ccccc3O2)cc1. The molecule has 4 rings (SSSR count). The van der Waals surface area contributed by atoms with Crippen molar-refractivity contribution in [1.29, 1.82) is 0 Å². The molecule has 0 radical (unpaired) electrons. The predicted molar refractivity (Wildman–Crippen MR) is 102 cm³/mol. The van der Waals surface area contributed by atoms with Gasteiger partial charge in [0.1, 0.15) is 29.6 Å². The number of hydrogen-bond acceptors (Lipinski definition) is 6. The molecule has 2 N–H and O–H groups in total. The molecule has 2 aromatic carbocycles. The molecule has 0 aliphatic carbocycles. The highest BCUT2D eigenvalue weighted by molar-refractivity contribution is 5.68. The van der Waals surface area contributed by atoms with Crippen molar-refractivity contribution in [3.8, 4) is 17.2 Å². The number of allylic oxidation sites excluding steroid dienone is 1. The number of rotatable bonds is 4. The predicted octanol–water partition coefficient (Wildman–Crippen LogP) is 3.41. The summed E-state index contributed by atoms with van der Waals surface area (Å²) in [5.41, 5.74) is 0.947. The highest BCUT2D eigenvalue weighted by Gasteiger charge is 2.29. The van der Waals surface area contributed by atoms with Crippen molar-refractivity contribution >= 4 is 5.76 Å². The molecular weight excluding hydrogens is 360 g/mol. The van der Waals surface area contributed by atoms with E-state index in [2.05, 4.69) is 0 Å². The topological polar surface area (TPSA) is 89.1 Å². The quantitative estimate of drug-likeness (QED) is 0.723. The maximum absolute atomic E-state index is 12.1. The van der Waals surface area contributed by atoms with Crippen LogP contribution < -0.4 is 14.9 Å². The van der Waals surface area contributed by atoms with Crippen molar-refractivity contribution in [2.24, 2.45) is 0 Å². The Kier molecular flexibility index (Phi) is 4.63. The Morgan fingerprint density at radius 1 is 1.11 bits per heavy atom. The fourth-order valence-electron chi connectivity index (χ4n) is 3.20. The van der Waals surface area contributed by atoms with Gasteiger partial charge in [-0.3, -0.25) is 4.79 Å². The Labute approximate surface area is 160 Å². The summed E-state index contributed by atoms with van der Waals surface area (Å²) in [6.45, 7) is -0.442. The number of aliphatic hydroxyl groups is 1. The number of hydrogen-bond donors (Lipinski definition) is 2. The zero-order valence-corrected chi connectivity index (χ0v) is 15.1. The molecule has 6 heteroatoms. The first-order chi connectivity index (χ1) is 13.6. The van der Waals surface area contributed by atoms with Gasteiger partial charge in [-0.1, -0.05) is 18.2 Å². The van der Waals surface area contributed by atoms with E-state index in [4.69, 9.17) is 13.9 Å². The van der Waals surface area contributed by atoms with Crippen LogP contribution in [0.1, 0.15) is 28.6 Å². The first-order valence-corrected chi connectivity index (χ1v) is 8.70. The van der Waals surface area contributed by atoms with E-state index in [1.54, 1.807) is 13.2 Å². The van der Waals surface area contributed by atoms with Gasteiger partial charge in [0, 0.05) is 17.2 Å².